The molecule has 0 aliphatic carbocycles. The third kappa shape index (κ3) is 3.01. The van der Waals surface area contributed by atoms with Gasteiger partial charge in [-0.05, 0) is 17.0 Å². The number of nitrogens with zero attached hydrogens (tertiary/aromatic N) is 1. The number of rotatable bonds is 2. The first kappa shape index (κ1) is 10.4. The Morgan fingerprint density at radius 3 is 2.36 bits per heavy atom. The molecule has 0 heterocycles. The van der Waals surface area contributed by atoms with Crippen molar-refractivity contribution in [3.8, 4) is 0 Å². The molecule has 14 heavy (non-hydrogen) atoms. The molecule has 2 N–H and O–H groups in total. The average molecular weight is 190 g/mol. The zero-order valence-electron chi connectivity index (χ0n) is 8.40. The van der Waals surface area contributed by atoms with Gasteiger partial charge in [0.2, 0.25) is 0 Å². The SMILES string of the molecule is CC(C)c1ccc(/C=N/C(N)=O)cc1. The van der Waals surface area contributed by atoms with Crippen molar-refractivity contribution in [2.24, 2.45) is 10.7 Å². The van der Waals surface area contributed by atoms with Crippen LogP contribution in [0.4, 0.5) is 4.79 Å². The quantitative estimate of drug-likeness (QED) is 0.715. The van der Waals surface area contributed by atoms with Crippen molar-refractivity contribution in [2.75, 3.05) is 0 Å². The number of hydrogen-bond acceptors (Lipinski definition) is 1. The van der Waals surface area contributed by atoms with Crippen molar-refractivity contribution in [1.82, 2.24) is 0 Å². The van der Waals surface area contributed by atoms with Crippen LogP contribution in [0.5, 0.6) is 0 Å². The van der Waals surface area contributed by atoms with Gasteiger partial charge in [-0.15, -0.1) is 0 Å². The molecule has 0 atom stereocenters. The van der Waals surface area contributed by atoms with E-state index in [1.807, 2.05) is 24.3 Å². The number of benzene rings is 1. The first-order valence-electron chi connectivity index (χ1n) is 4.53. The van der Waals surface area contributed by atoms with Crippen molar-refractivity contribution >= 4 is 12.2 Å². The molecule has 0 fully saturated rings. The zero-order chi connectivity index (χ0) is 10.6. The molecule has 0 aromatic heterocycles. The first-order valence-corrected chi connectivity index (χ1v) is 4.53. The Morgan fingerprint density at radius 1 is 1.36 bits per heavy atom. The van der Waals surface area contributed by atoms with E-state index in [0.717, 1.165) is 5.56 Å². The van der Waals surface area contributed by atoms with Gasteiger partial charge in [0.15, 0.2) is 0 Å². The molecule has 0 bridgehead atoms. The summed E-state index contributed by atoms with van der Waals surface area (Å²) in [5, 5.41) is 0. The van der Waals surface area contributed by atoms with Crippen LogP contribution in [-0.4, -0.2) is 12.2 Å². The lowest BCUT2D eigenvalue weighted by Gasteiger charge is -2.04. The van der Waals surface area contributed by atoms with Crippen molar-refractivity contribution in [2.45, 2.75) is 19.8 Å². The van der Waals surface area contributed by atoms with E-state index in [1.54, 1.807) is 0 Å². The molecular weight excluding hydrogens is 176 g/mol. The Balaban J connectivity index is 2.78. The highest BCUT2D eigenvalue weighted by molar-refractivity contribution is 5.90. The van der Waals surface area contributed by atoms with Crippen LogP contribution in [0.2, 0.25) is 0 Å². The smallest absolute Gasteiger partial charge is 0.338 e. The van der Waals surface area contributed by atoms with E-state index < -0.39 is 6.03 Å². The Labute approximate surface area is 83.7 Å². The van der Waals surface area contributed by atoms with Crippen molar-refractivity contribution in [3.05, 3.63) is 35.4 Å². The van der Waals surface area contributed by atoms with Gasteiger partial charge in [-0.1, -0.05) is 38.1 Å². The van der Waals surface area contributed by atoms with Gasteiger partial charge in [-0.2, -0.15) is 0 Å². The lowest BCUT2D eigenvalue weighted by molar-refractivity contribution is 0.257. The highest BCUT2D eigenvalue weighted by Gasteiger charge is 1.97. The van der Waals surface area contributed by atoms with E-state index in [0.29, 0.717) is 5.92 Å². The highest BCUT2D eigenvalue weighted by atomic mass is 16.2. The zero-order valence-corrected chi connectivity index (χ0v) is 8.40. The van der Waals surface area contributed by atoms with Crippen molar-refractivity contribution in [3.63, 3.8) is 0 Å². The average Bonchev–Trinajstić information content (AvgIpc) is 2.15. The number of urea groups is 1. The molecule has 0 saturated heterocycles. The Bertz CT molecular complexity index is 339. The van der Waals surface area contributed by atoms with Gasteiger partial charge in [-0.3, -0.25) is 0 Å². The van der Waals surface area contributed by atoms with Crippen LogP contribution in [0.15, 0.2) is 29.3 Å². The maximum absolute atomic E-state index is 10.4. The molecule has 1 aromatic rings. The van der Waals surface area contributed by atoms with Crippen molar-refractivity contribution < 1.29 is 4.79 Å². The number of hydrogen-bond donors (Lipinski definition) is 1. The monoisotopic (exact) mass is 190 g/mol. The maximum atomic E-state index is 10.4. The van der Waals surface area contributed by atoms with E-state index in [1.165, 1.54) is 11.8 Å². The molecule has 2 amide bonds. The molecule has 1 aromatic carbocycles. The van der Waals surface area contributed by atoms with Gasteiger partial charge in [0.05, 0.1) is 0 Å². The summed E-state index contributed by atoms with van der Waals surface area (Å²) in [4.78, 5) is 13.9. The molecule has 3 nitrogen and oxygen atoms in total. The number of carbonyl (C=O) groups excluding carboxylic acids is 1. The summed E-state index contributed by atoms with van der Waals surface area (Å²) in [6.45, 7) is 4.26. The van der Waals surface area contributed by atoms with E-state index in [-0.39, 0.29) is 0 Å². The van der Waals surface area contributed by atoms with Gasteiger partial charge in [0, 0.05) is 6.21 Å². The number of carbonyl (C=O) groups is 1. The number of amides is 2. The second-order valence-corrected chi connectivity index (χ2v) is 3.42. The van der Waals surface area contributed by atoms with Gasteiger partial charge < -0.3 is 5.73 Å². The second kappa shape index (κ2) is 4.56. The molecule has 0 unspecified atom stereocenters. The summed E-state index contributed by atoms with van der Waals surface area (Å²) in [6, 6.07) is 7.21. The fourth-order valence-electron chi connectivity index (χ4n) is 1.11. The van der Waals surface area contributed by atoms with E-state index >= 15 is 0 Å². The van der Waals surface area contributed by atoms with Crippen LogP contribution in [0.25, 0.3) is 0 Å². The summed E-state index contributed by atoms with van der Waals surface area (Å²) in [5.74, 6) is 0.511. The summed E-state index contributed by atoms with van der Waals surface area (Å²) in [5.41, 5.74) is 7.03. The van der Waals surface area contributed by atoms with E-state index in [4.69, 9.17) is 5.73 Å². The summed E-state index contributed by atoms with van der Waals surface area (Å²) in [7, 11) is 0. The standard InChI is InChI=1S/C11H14N2O/c1-8(2)10-5-3-9(4-6-10)7-13-11(12)14/h3-8H,1-2H3,(H2,12,14)/b13-7+. The second-order valence-electron chi connectivity index (χ2n) is 3.42. The number of aliphatic imine (C=N–C) groups is 1. The lowest BCUT2D eigenvalue weighted by Crippen LogP contribution is -2.04. The largest absolute Gasteiger partial charge is 0.350 e. The predicted octanol–water partition coefficient (Wildman–Crippen LogP) is 2.31. The van der Waals surface area contributed by atoms with Crippen LogP contribution >= 0.6 is 0 Å². The topological polar surface area (TPSA) is 55.4 Å². The molecule has 0 spiro atoms. The number of primary amides is 1. The Kier molecular flexibility index (Phi) is 3.40. The van der Waals surface area contributed by atoms with Crippen LogP contribution in [0.1, 0.15) is 30.9 Å². The third-order valence-electron chi connectivity index (χ3n) is 1.94. The van der Waals surface area contributed by atoms with Gasteiger partial charge in [0.1, 0.15) is 0 Å². The predicted molar refractivity (Wildman–Crippen MR) is 57.7 cm³/mol. The highest BCUT2D eigenvalue weighted by Crippen LogP contribution is 2.13. The third-order valence-corrected chi connectivity index (χ3v) is 1.94. The first-order chi connectivity index (χ1) is 6.59. The minimum absolute atomic E-state index is 0.511. The van der Waals surface area contributed by atoms with Gasteiger partial charge in [-0.25, -0.2) is 9.79 Å². The van der Waals surface area contributed by atoms with Crippen LogP contribution < -0.4 is 5.73 Å². The molecule has 0 saturated carbocycles. The fourth-order valence-corrected chi connectivity index (χ4v) is 1.11. The normalized spacial score (nSPS) is 11.1. The van der Waals surface area contributed by atoms with Crippen LogP contribution in [0.3, 0.4) is 0 Å². The molecule has 1 rings (SSSR count). The van der Waals surface area contributed by atoms with Crippen LogP contribution in [-0.2, 0) is 0 Å². The molecular formula is C11H14N2O. The fraction of sp³-hybridized carbons (Fsp3) is 0.273. The molecule has 0 aliphatic heterocycles. The summed E-state index contributed by atoms with van der Waals surface area (Å²) in [6.07, 6.45) is 1.46. The van der Waals surface area contributed by atoms with Crippen molar-refractivity contribution in [1.29, 1.82) is 0 Å². The maximum Gasteiger partial charge on any atom is 0.338 e. The molecule has 0 radical (unpaired) electrons. The van der Waals surface area contributed by atoms with Gasteiger partial charge in [0.25, 0.3) is 0 Å². The lowest BCUT2D eigenvalue weighted by atomic mass is 10.0. The van der Waals surface area contributed by atoms with Crippen LogP contribution in [0, 0.1) is 0 Å². The molecule has 74 valence electrons. The minimum Gasteiger partial charge on any atom is -0.350 e. The molecule has 0 aliphatic rings. The van der Waals surface area contributed by atoms with E-state index in [2.05, 4.69) is 18.8 Å². The minimum atomic E-state index is -0.669. The van der Waals surface area contributed by atoms with Gasteiger partial charge >= 0.3 is 6.03 Å². The summed E-state index contributed by atoms with van der Waals surface area (Å²) < 4.78 is 0. The molecule has 3 heteroatoms. The number of nitrogens with two attached hydrogens (primary N) is 1. The van der Waals surface area contributed by atoms with E-state index in [9.17, 15) is 4.79 Å². The summed E-state index contributed by atoms with van der Waals surface area (Å²) >= 11 is 0. The Hall–Kier alpha value is -1.64. The Morgan fingerprint density at radius 2 is 1.93 bits per heavy atom.